The average molecular weight is 328 g/mol. The Bertz CT molecular complexity index is 653. The van der Waals surface area contributed by atoms with Crippen molar-refractivity contribution in [2.24, 2.45) is 16.7 Å². The van der Waals surface area contributed by atoms with Gasteiger partial charge in [-0.1, -0.05) is 32.4 Å². The van der Waals surface area contributed by atoms with Crippen LogP contribution < -0.4 is 4.72 Å². The van der Waals surface area contributed by atoms with Crippen LogP contribution in [0.15, 0.2) is 29.2 Å². The zero-order valence-corrected chi connectivity index (χ0v) is 14.3. The van der Waals surface area contributed by atoms with Crippen molar-refractivity contribution >= 4 is 21.6 Å². The van der Waals surface area contributed by atoms with E-state index >= 15 is 0 Å². The van der Waals surface area contributed by atoms with Crippen molar-refractivity contribution in [3.05, 3.63) is 29.3 Å². The highest BCUT2D eigenvalue weighted by Crippen LogP contribution is 2.65. The van der Waals surface area contributed by atoms with Crippen LogP contribution in [0.3, 0.4) is 0 Å². The molecule has 1 aromatic rings. The molecule has 5 heteroatoms. The first kappa shape index (κ1) is 15.3. The highest BCUT2D eigenvalue weighted by Gasteiger charge is 2.61. The number of nitrogens with one attached hydrogen (secondary N) is 1. The Hall–Kier alpha value is -0.580. The maximum atomic E-state index is 12.6. The lowest BCUT2D eigenvalue weighted by molar-refractivity contribution is 0.130. The van der Waals surface area contributed by atoms with Gasteiger partial charge in [0.05, 0.1) is 4.90 Å². The summed E-state index contributed by atoms with van der Waals surface area (Å²) in [5.74, 6) is 0.611. The van der Waals surface area contributed by atoms with Crippen molar-refractivity contribution in [3.63, 3.8) is 0 Å². The Kier molecular flexibility index (Phi) is 3.43. The number of halogens is 1. The zero-order valence-electron chi connectivity index (χ0n) is 12.7. The molecule has 2 aliphatic rings. The Labute approximate surface area is 132 Å². The summed E-state index contributed by atoms with van der Waals surface area (Å²) in [5.41, 5.74) is 0.233. The first-order valence-electron chi connectivity index (χ1n) is 7.45. The van der Waals surface area contributed by atoms with Crippen molar-refractivity contribution in [3.8, 4) is 0 Å². The minimum atomic E-state index is -3.48. The molecule has 2 bridgehead atoms. The molecule has 2 saturated carbocycles. The van der Waals surface area contributed by atoms with Crippen LogP contribution in [0.5, 0.6) is 0 Å². The summed E-state index contributed by atoms with van der Waals surface area (Å²) in [6, 6.07) is 6.37. The molecule has 0 amide bonds. The zero-order chi connectivity index (χ0) is 15.5. The van der Waals surface area contributed by atoms with Gasteiger partial charge in [-0.3, -0.25) is 0 Å². The lowest BCUT2D eigenvalue weighted by Gasteiger charge is -2.39. The van der Waals surface area contributed by atoms with E-state index in [1.807, 2.05) is 0 Å². The topological polar surface area (TPSA) is 46.2 Å². The SMILES string of the molecule is CC1(C)[C@@H]2CC[C@@]1(C)[C@H](NS(=O)(=O)c1ccc(Cl)cc1)C2. The highest BCUT2D eigenvalue weighted by atomic mass is 35.5. The van der Waals surface area contributed by atoms with E-state index in [1.54, 1.807) is 24.3 Å². The van der Waals surface area contributed by atoms with Gasteiger partial charge < -0.3 is 0 Å². The molecule has 0 aromatic heterocycles. The van der Waals surface area contributed by atoms with E-state index in [4.69, 9.17) is 11.6 Å². The quantitative estimate of drug-likeness (QED) is 0.917. The molecule has 21 heavy (non-hydrogen) atoms. The average Bonchev–Trinajstić information content (AvgIpc) is 2.72. The fraction of sp³-hybridized carbons (Fsp3) is 0.625. The predicted octanol–water partition coefficient (Wildman–Crippen LogP) is 3.83. The van der Waals surface area contributed by atoms with E-state index < -0.39 is 10.0 Å². The molecule has 0 spiro atoms. The largest absolute Gasteiger partial charge is 0.240 e. The summed E-state index contributed by atoms with van der Waals surface area (Å²) >= 11 is 5.83. The van der Waals surface area contributed by atoms with Crippen molar-refractivity contribution in [2.75, 3.05) is 0 Å². The number of hydrogen-bond donors (Lipinski definition) is 1. The summed E-state index contributed by atoms with van der Waals surface area (Å²) in [5, 5.41) is 0.543. The monoisotopic (exact) mass is 327 g/mol. The van der Waals surface area contributed by atoms with E-state index in [0.717, 1.165) is 12.8 Å². The molecule has 0 radical (unpaired) electrons. The van der Waals surface area contributed by atoms with Gasteiger partial charge in [0.1, 0.15) is 0 Å². The summed E-state index contributed by atoms with van der Waals surface area (Å²) in [6.45, 7) is 6.79. The number of sulfonamides is 1. The van der Waals surface area contributed by atoms with Crippen molar-refractivity contribution < 1.29 is 8.42 Å². The molecular weight excluding hydrogens is 306 g/mol. The van der Waals surface area contributed by atoms with Crippen LogP contribution in [0.4, 0.5) is 0 Å². The molecule has 0 heterocycles. The van der Waals surface area contributed by atoms with Gasteiger partial charge in [-0.05, 0) is 60.3 Å². The minimum absolute atomic E-state index is 0.0203. The van der Waals surface area contributed by atoms with E-state index in [-0.39, 0.29) is 21.8 Å². The molecule has 0 saturated heterocycles. The second kappa shape index (κ2) is 4.71. The summed E-state index contributed by atoms with van der Waals surface area (Å²) in [7, 11) is -3.48. The van der Waals surface area contributed by atoms with E-state index in [0.29, 0.717) is 10.9 Å². The van der Waals surface area contributed by atoms with Gasteiger partial charge in [-0.25, -0.2) is 13.1 Å². The second-order valence-corrected chi connectivity index (χ2v) is 9.39. The van der Waals surface area contributed by atoms with Gasteiger partial charge in [0.15, 0.2) is 0 Å². The smallest absolute Gasteiger partial charge is 0.207 e. The van der Waals surface area contributed by atoms with E-state index in [9.17, 15) is 8.42 Å². The van der Waals surface area contributed by atoms with Gasteiger partial charge in [0.25, 0.3) is 0 Å². The molecule has 3 atom stereocenters. The molecule has 3 rings (SSSR count). The number of fused-ring (bicyclic) bond motifs is 2. The predicted molar refractivity (Wildman–Crippen MR) is 84.8 cm³/mol. The van der Waals surface area contributed by atoms with Crippen LogP contribution in [0, 0.1) is 16.7 Å². The number of hydrogen-bond acceptors (Lipinski definition) is 2. The van der Waals surface area contributed by atoms with Gasteiger partial charge in [0, 0.05) is 11.1 Å². The molecule has 3 nitrogen and oxygen atoms in total. The third-order valence-corrected chi connectivity index (χ3v) is 7.95. The van der Waals surface area contributed by atoms with Crippen molar-refractivity contribution in [2.45, 2.75) is 51.0 Å². The fourth-order valence-electron chi connectivity index (χ4n) is 4.25. The Morgan fingerprint density at radius 2 is 1.81 bits per heavy atom. The van der Waals surface area contributed by atoms with Gasteiger partial charge in [-0.15, -0.1) is 0 Å². The van der Waals surface area contributed by atoms with Crippen molar-refractivity contribution in [1.82, 2.24) is 4.72 Å². The minimum Gasteiger partial charge on any atom is -0.207 e. The van der Waals surface area contributed by atoms with Crippen molar-refractivity contribution in [1.29, 1.82) is 0 Å². The van der Waals surface area contributed by atoms with Crippen LogP contribution in [-0.2, 0) is 10.0 Å². The number of rotatable bonds is 3. The van der Waals surface area contributed by atoms with Gasteiger partial charge >= 0.3 is 0 Å². The molecule has 2 aliphatic carbocycles. The van der Waals surface area contributed by atoms with Crippen LogP contribution in [0.2, 0.25) is 5.02 Å². The standard InChI is InChI=1S/C16H22ClNO2S/c1-15(2)11-8-9-16(15,3)14(10-11)18-21(19,20)13-6-4-12(17)5-7-13/h4-7,11,14,18H,8-10H2,1-3H3/t11-,14-,16+/m1/s1. The van der Waals surface area contributed by atoms with Crippen LogP contribution in [-0.4, -0.2) is 14.5 Å². The molecule has 0 unspecified atom stereocenters. The fourth-order valence-corrected chi connectivity index (χ4v) is 5.74. The third-order valence-electron chi connectivity index (χ3n) is 6.22. The van der Waals surface area contributed by atoms with Gasteiger partial charge in [-0.2, -0.15) is 0 Å². The molecular formula is C16H22ClNO2S. The van der Waals surface area contributed by atoms with Gasteiger partial charge in [0.2, 0.25) is 10.0 Å². The first-order valence-corrected chi connectivity index (χ1v) is 9.31. The maximum Gasteiger partial charge on any atom is 0.240 e. The Morgan fingerprint density at radius 1 is 1.19 bits per heavy atom. The second-order valence-electron chi connectivity index (χ2n) is 7.24. The maximum absolute atomic E-state index is 12.6. The lowest BCUT2D eigenvalue weighted by Crippen LogP contribution is -2.46. The third kappa shape index (κ3) is 2.23. The lowest BCUT2D eigenvalue weighted by atomic mass is 9.69. The van der Waals surface area contributed by atoms with Crippen LogP contribution in [0.1, 0.15) is 40.0 Å². The molecule has 1 aromatic carbocycles. The van der Waals surface area contributed by atoms with Crippen LogP contribution >= 0.6 is 11.6 Å². The summed E-state index contributed by atoms with van der Waals surface area (Å²) in [6.07, 6.45) is 3.25. The Balaban J connectivity index is 1.86. The normalized spacial score (nSPS) is 34.3. The Morgan fingerprint density at radius 3 is 2.29 bits per heavy atom. The molecule has 116 valence electrons. The van der Waals surface area contributed by atoms with Crippen LogP contribution in [0.25, 0.3) is 0 Å². The highest BCUT2D eigenvalue weighted by molar-refractivity contribution is 7.89. The van der Waals surface area contributed by atoms with E-state index in [1.165, 1.54) is 6.42 Å². The number of benzene rings is 1. The summed E-state index contributed by atoms with van der Waals surface area (Å²) in [4.78, 5) is 0.288. The molecule has 2 fully saturated rings. The summed E-state index contributed by atoms with van der Waals surface area (Å²) < 4.78 is 28.1. The first-order chi connectivity index (χ1) is 9.67. The van der Waals surface area contributed by atoms with E-state index in [2.05, 4.69) is 25.5 Å². The molecule has 0 aliphatic heterocycles. The molecule has 1 N–H and O–H groups in total.